The molecular weight excluding hydrogens is 527 g/mol. The second-order valence-corrected chi connectivity index (χ2v) is 6.88. The third kappa shape index (κ3) is 9.72. The van der Waals surface area contributed by atoms with Crippen LogP contribution in [0, 0.1) is 5.82 Å². The highest BCUT2D eigenvalue weighted by Crippen LogP contribution is 2.18. The van der Waals surface area contributed by atoms with Gasteiger partial charge in [-0.3, -0.25) is 4.99 Å². The minimum atomic E-state index is -4.33. The molecule has 2 N–H and O–H groups in total. The molecule has 2 rings (SSSR count). The molecular formula is C21H27F4IN4O. The molecule has 0 fully saturated rings. The molecule has 10 heteroatoms. The zero-order valence-electron chi connectivity index (χ0n) is 17.6. The predicted octanol–water partition coefficient (Wildman–Crippen LogP) is 4.45. The van der Waals surface area contributed by atoms with Crippen LogP contribution in [-0.4, -0.2) is 39.9 Å². The van der Waals surface area contributed by atoms with Crippen molar-refractivity contribution in [2.75, 3.05) is 32.6 Å². The number of halogens is 5. The van der Waals surface area contributed by atoms with Crippen LogP contribution >= 0.6 is 24.0 Å². The van der Waals surface area contributed by atoms with Crippen molar-refractivity contribution in [1.82, 2.24) is 10.6 Å². The van der Waals surface area contributed by atoms with Crippen molar-refractivity contribution in [2.45, 2.75) is 25.9 Å². The molecule has 31 heavy (non-hydrogen) atoms. The number of rotatable bonds is 8. The van der Waals surface area contributed by atoms with Gasteiger partial charge in [0, 0.05) is 34.2 Å². The predicted molar refractivity (Wildman–Crippen MR) is 125 cm³/mol. The Bertz CT molecular complexity index is 842. The Morgan fingerprint density at radius 2 is 1.52 bits per heavy atom. The first-order valence-electron chi connectivity index (χ1n) is 9.30. The summed E-state index contributed by atoms with van der Waals surface area (Å²) in [7, 11) is 5.19. The van der Waals surface area contributed by atoms with E-state index in [2.05, 4.69) is 20.4 Å². The van der Waals surface area contributed by atoms with E-state index in [1.807, 2.05) is 18.2 Å². The maximum atomic E-state index is 14.1. The first-order valence-corrected chi connectivity index (χ1v) is 9.30. The minimum absolute atomic E-state index is 0. The SMILES string of the molecule is CN=C(NCc1ccc(COCC(F)(F)F)cc1)NCc1ccc(N(C)C)c(F)c1.I. The van der Waals surface area contributed by atoms with Crippen molar-refractivity contribution in [3.05, 3.63) is 65.0 Å². The topological polar surface area (TPSA) is 48.9 Å². The number of anilines is 1. The fraction of sp³-hybridized carbons (Fsp3) is 0.381. The Balaban J connectivity index is 0.00000480. The number of hydrogen-bond acceptors (Lipinski definition) is 3. The summed E-state index contributed by atoms with van der Waals surface area (Å²) in [4.78, 5) is 5.84. The Labute approximate surface area is 196 Å². The zero-order chi connectivity index (χ0) is 22.1. The molecule has 0 saturated heterocycles. The third-order valence-electron chi connectivity index (χ3n) is 4.19. The van der Waals surface area contributed by atoms with Crippen molar-refractivity contribution in [1.29, 1.82) is 0 Å². The molecule has 0 spiro atoms. The monoisotopic (exact) mass is 554 g/mol. The lowest BCUT2D eigenvalue weighted by molar-refractivity contribution is -0.176. The molecule has 0 aliphatic heterocycles. The van der Waals surface area contributed by atoms with Crippen LogP contribution in [0.15, 0.2) is 47.5 Å². The molecule has 0 amide bonds. The van der Waals surface area contributed by atoms with Gasteiger partial charge in [-0.2, -0.15) is 13.2 Å². The van der Waals surface area contributed by atoms with Crippen LogP contribution in [0.2, 0.25) is 0 Å². The summed E-state index contributed by atoms with van der Waals surface area (Å²) in [5.41, 5.74) is 2.89. The average Bonchev–Trinajstić information content (AvgIpc) is 2.68. The van der Waals surface area contributed by atoms with Gasteiger partial charge >= 0.3 is 6.18 Å². The summed E-state index contributed by atoms with van der Waals surface area (Å²) in [6.07, 6.45) is -4.33. The number of benzene rings is 2. The van der Waals surface area contributed by atoms with Crippen LogP contribution in [0.1, 0.15) is 16.7 Å². The molecule has 0 aromatic heterocycles. The highest BCUT2D eigenvalue weighted by molar-refractivity contribution is 14.0. The van der Waals surface area contributed by atoms with Gasteiger partial charge in [0.05, 0.1) is 12.3 Å². The standard InChI is InChI=1S/C21H26F4N4O.HI/c1-26-20(28-12-17-8-9-19(29(2)3)18(22)10-17)27-11-15-4-6-16(7-5-15)13-30-14-21(23,24)25;/h4-10H,11-14H2,1-3H3,(H2,26,27,28);1H. The van der Waals surface area contributed by atoms with Crippen molar-refractivity contribution in [3.8, 4) is 0 Å². The van der Waals surface area contributed by atoms with E-state index in [1.165, 1.54) is 6.07 Å². The number of hydrogen-bond donors (Lipinski definition) is 2. The average molecular weight is 554 g/mol. The Kier molecular flexibility index (Phi) is 11.0. The van der Waals surface area contributed by atoms with Gasteiger partial charge in [-0.25, -0.2) is 4.39 Å². The first-order chi connectivity index (χ1) is 14.2. The summed E-state index contributed by atoms with van der Waals surface area (Å²) in [5.74, 6) is 0.256. The fourth-order valence-electron chi connectivity index (χ4n) is 2.65. The molecule has 0 unspecified atom stereocenters. The quantitative estimate of drug-likeness (QED) is 0.219. The largest absolute Gasteiger partial charge is 0.411 e. The molecule has 2 aromatic carbocycles. The summed E-state index contributed by atoms with van der Waals surface area (Å²) in [6, 6.07) is 12.1. The van der Waals surface area contributed by atoms with E-state index in [1.54, 1.807) is 44.2 Å². The summed E-state index contributed by atoms with van der Waals surface area (Å²) >= 11 is 0. The lowest BCUT2D eigenvalue weighted by atomic mass is 10.1. The Morgan fingerprint density at radius 1 is 0.968 bits per heavy atom. The molecule has 2 aromatic rings. The lowest BCUT2D eigenvalue weighted by Crippen LogP contribution is -2.36. The van der Waals surface area contributed by atoms with Crippen LogP contribution in [0.4, 0.5) is 23.2 Å². The molecule has 172 valence electrons. The van der Waals surface area contributed by atoms with Gasteiger partial charge in [0.25, 0.3) is 0 Å². The number of ether oxygens (including phenoxy) is 1. The van der Waals surface area contributed by atoms with Gasteiger partial charge in [-0.1, -0.05) is 30.3 Å². The summed E-state index contributed by atoms with van der Waals surface area (Å²) < 4.78 is 55.0. The second kappa shape index (κ2) is 12.7. The highest BCUT2D eigenvalue weighted by atomic mass is 127. The fourth-order valence-corrected chi connectivity index (χ4v) is 2.65. The van der Waals surface area contributed by atoms with E-state index >= 15 is 0 Å². The van der Waals surface area contributed by atoms with Crippen molar-refractivity contribution >= 4 is 35.6 Å². The van der Waals surface area contributed by atoms with E-state index in [0.717, 1.165) is 11.1 Å². The minimum Gasteiger partial charge on any atom is -0.375 e. The van der Waals surface area contributed by atoms with E-state index in [-0.39, 0.29) is 36.4 Å². The molecule has 0 atom stereocenters. The number of aliphatic imine (C=N–C) groups is 1. The maximum absolute atomic E-state index is 14.1. The number of nitrogens with one attached hydrogen (secondary N) is 2. The molecule has 0 bridgehead atoms. The van der Waals surface area contributed by atoms with Crippen LogP contribution in [0.25, 0.3) is 0 Å². The zero-order valence-corrected chi connectivity index (χ0v) is 19.9. The molecule has 0 aliphatic rings. The third-order valence-corrected chi connectivity index (χ3v) is 4.19. The van der Waals surface area contributed by atoms with Crippen molar-refractivity contribution in [2.24, 2.45) is 4.99 Å². The molecule has 0 heterocycles. The van der Waals surface area contributed by atoms with Gasteiger partial charge in [0.1, 0.15) is 12.4 Å². The Morgan fingerprint density at radius 3 is 2.03 bits per heavy atom. The van der Waals surface area contributed by atoms with Crippen LogP contribution in [0.5, 0.6) is 0 Å². The normalized spacial score (nSPS) is 11.6. The van der Waals surface area contributed by atoms with E-state index in [0.29, 0.717) is 30.3 Å². The summed E-state index contributed by atoms with van der Waals surface area (Å²) in [6.45, 7) is -0.489. The second-order valence-electron chi connectivity index (χ2n) is 6.88. The summed E-state index contributed by atoms with van der Waals surface area (Å²) in [5, 5.41) is 6.26. The number of guanidine groups is 1. The van der Waals surface area contributed by atoms with Gasteiger partial charge in [-0.05, 0) is 28.8 Å². The lowest BCUT2D eigenvalue weighted by Gasteiger charge is -2.15. The van der Waals surface area contributed by atoms with Crippen molar-refractivity contribution in [3.63, 3.8) is 0 Å². The number of nitrogens with zero attached hydrogens (tertiary/aromatic N) is 2. The van der Waals surface area contributed by atoms with E-state index < -0.39 is 12.8 Å². The molecule has 0 radical (unpaired) electrons. The van der Waals surface area contributed by atoms with Crippen molar-refractivity contribution < 1.29 is 22.3 Å². The molecule has 0 aliphatic carbocycles. The van der Waals surface area contributed by atoms with Gasteiger partial charge < -0.3 is 20.3 Å². The molecule has 5 nitrogen and oxygen atoms in total. The number of alkyl halides is 3. The Hall–Kier alpha value is -2.08. The molecule has 0 saturated carbocycles. The first kappa shape index (κ1) is 27.0. The van der Waals surface area contributed by atoms with Crippen LogP contribution < -0.4 is 15.5 Å². The van der Waals surface area contributed by atoms with Gasteiger partial charge in [0.15, 0.2) is 5.96 Å². The van der Waals surface area contributed by atoms with Gasteiger partial charge in [0.2, 0.25) is 0 Å². The maximum Gasteiger partial charge on any atom is 0.411 e. The van der Waals surface area contributed by atoms with E-state index in [4.69, 9.17) is 0 Å². The highest BCUT2D eigenvalue weighted by Gasteiger charge is 2.27. The van der Waals surface area contributed by atoms with Gasteiger partial charge in [-0.15, -0.1) is 24.0 Å². The van der Waals surface area contributed by atoms with Crippen LogP contribution in [0.3, 0.4) is 0 Å². The smallest absolute Gasteiger partial charge is 0.375 e. The van der Waals surface area contributed by atoms with E-state index in [9.17, 15) is 17.6 Å². The van der Waals surface area contributed by atoms with Crippen LogP contribution in [-0.2, 0) is 24.4 Å².